The van der Waals surface area contributed by atoms with Crippen LogP contribution in [0.2, 0.25) is 5.02 Å². The molecule has 206 valence electrons. The number of benzene rings is 3. The van der Waals surface area contributed by atoms with E-state index >= 15 is 0 Å². The van der Waals surface area contributed by atoms with Crippen LogP contribution in [0.15, 0.2) is 60.8 Å². The van der Waals surface area contributed by atoms with Crippen molar-refractivity contribution in [2.45, 2.75) is 19.1 Å². The molecule has 3 aromatic carbocycles. The van der Waals surface area contributed by atoms with Gasteiger partial charge in [0.15, 0.2) is 11.5 Å². The number of nitrogens with one attached hydrogen (secondary N) is 2. The molecule has 1 fully saturated rings. The van der Waals surface area contributed by atoms with Gasteiger partial charge < -0.3 is 34.3 Å². The number of ether oxygens (including phenoxy) is 5. The molecule has 2 aliphatic rings. The zero-order valence-electron chi connectivity index (χ0n) is 21.2. The van der Waals surface area contributed by atoms with Gasteiger partial charge in [0.1, 0.15) is 36.6 Å². The van der Waals surface area contributed by atoms with Gasteiger partial charge in [-0.15, -0.1) is 0 Å². The summed E-state index contributed by atoms with van der Waals surface area (Å²) in [6, 6.07) is 13.9. The molecular weight excluding hydrogens is 541 g/mol. The number of hydrogen-bond acceptors (Lipinski definition) is 7. The van der Waals surface area contributed by atoms with Gasteiger partial charge in [0, 0.05) is 31.3 Å². The molecule has 0 saturated carbocycles. The number of hydrogen-bond donors (Lipinski definition) is 2. The highest BCUT2D eigenvalue weighted by atomic mass is 35.5. The average Bonchev–Trinajstić information content (AvgIpc) is 3.47. The van der Waals surface area contributed by atoms with Crippen molar-refractivity contribution in [1.82, 2.24) is 10.3 Å². The minimum Gasteiger partial charge on any atom is -0.485 e. The van der Waals surface area contributed by atoms with E-state index in [1.807, 2.05) is 6.07 Å². The fourth-order valence-electron chi connectivity index (χ4n) is 4.47. The lowest BCUT2D eigenvalue weighted by molar-refractivity contribution is 0.128. The summed E-state index contributed by atoms with van der Waals surface area (Å²) in [6.07, 6.45) is 2.37. The standard InChI is InChI=1S/C29H25ClFN3O6/c30-21-13-19(5-6-22(21)34-29(35)33-15-17-1-3-18(31)4-2-17)39-24-7-9-32-23-14-25(40-20-8-10-36-16-20)27-28(26(23)24)38-12-11-37-27/h1-7,9,13-14,20H,8,10-12,15-16H2,(H2,33,34,35). The SMILES string of the molecule is O=C(NCc1ccc(F)cc1)Nc1ccc(Oc2ccnc3cc(OC4CCOC4)c4c(c23)OCCO4)cc1Cl. The van der Waals surface area contributed by atoms with Crippen molar-refractivity contribution in [3.05, 3.63) is 77.2 Å². The maximum atomic E-state index is 13.1. The minimum atomic E-state index is -0.453. The van der Waals surface area contributed by atoms with Gasteiger partial charge in [-0.2, -0.15) is 0 Å². The molecule has 1 atom stereocenters. The Labute approximate surface area is 234 Å². The van der Waals surface area contributed by atoms with Crippen LogP contribution in [0.3, 0.4) is 0 Å². The molecule has 1 aromatic heterocycles. The number of carbonyl (C=O) groups is 1. The highest BCUT2D eigenvalue weighted by Gasteiger charge is 2.27. The van der Waals surface area contributed by atoms with Gasteiger partial charge >= 0.3 is 6.03 Å². The van der Waals surface area contributed by atoms with Gasteiger partial charge in [0.2, 0.25) is 5.75 Å². The third-order valence-electron chi connectivity index (χ3n) is 6.41. The summed E-state index contributed by atoms with van der Waals surface area (Å²) in [5.41, 5.74) is 1.79. The van der Waals surface area contributed by atoms with Gasteiger partial charge in [-0.05, 0) is 35.9 Å². The van der Waals surface area contributed by atoms with E-state index in [1.54, 1.807) is 42.6 Å². The molecule has 0 bridgehead atoms. The summed E-state index contributed by atoms with van der Waals surface area (Å²) >= 11 is 6.46. The number of rotatable bonds is 7. The third-order valence-corrected chi connectivity index (χ3v) is 6.72. The molecule has 40 heavy (non-hydrogen) atoms. The van der Waals surface area contributed by atoms with Crippen molar-refractivity contribution >= 4 is 34.2 Å². The molecular formula is C29H25ClFN3O6. The quantitative estimate of drug-likeness (QED) is 0.280. The van der Waals surface area contributed by atoms with Crippen LogP contribution >= 0.6 is 11.6 Å². The predicted molar refractivity (Wildman–Crippen MR) is 146 cm³/mol. The maximum absolute atomic E-state index is 13.1. The number of fused-ring (bicyclic) bond motifs is 3. The fraction of sp³-hybridized carbons (Fsp3) is 0.241. The summed E-state index contributed by atoms with van der Waals surface area (Å²) < 4.78 is 42.8. The number of carbonyl (C=O) groups excluding carboxylic acids is 1. The number of halogens is 2. The summed E-state index contributed by atoms with van der Waals surface area (Å²) in [4.78, 5) is 16.9. The first kappa shape index (κ1) is 26.0. The van der Waals surface area contributed by atoms with E-state index in [2.05, 4.69) is 15.6 Å². The molecule has 11 heteroatoms. The van der Waals surface area contributed by atoms with Crippen molar-refractivity contribution in [2.24, 2.45) is 0 Å². The van der Waals surface area contributed by atoms with Crippen LogP contribution < -0.4 is 29.6 Å². The summed E-state index contributed by atoms with van der Waals surface area (Å²) in [5, 5.41) is 6.35. The van der Waals surface area contributed by atoms with Crippen LogP contribution in [-0.2, 0) is 11.3 Å². The molecule has 0 aliphatic carbocycles. The van der Waals surface area contributed by atoms with Crippen molar-refractivity contribution in [2.75, 3.05) is 31.7 Å². The Hall–Kier alpha value is -4.28. The Kier molecular flexibility index (Phi) is 7.43. The average molecular weight is 566 g/mol. The molecule has 2 aliphatic heterocycles. The monoisotopic (exact) mass is 565 g/mol. The van der Waals surface area contributed by atoms with Crippen LogP contribution in [0.5, 0.6) is 28.7 Å². The highest BCUT2D eigenvalue weighted by molar-refractivity contribution is 6.33. The number of nitrogens with zero attached hydrogens (tertiary/aromatic N) is 1. The van der Waals surface area contributed by atoms with Crippen molar-refractivity contribution < 1.29 is 32.9 Å². The Morgan fingerprint density at radius 3 is 2.62 bits per heavy atom. The van der Waals surface area contributed by atoms with E-state index < -0.39 is 6.03 Å². The van der Waals surface area contributed by atoms with Crippen LogP contribution in [0.25, 0.3) is 10.9 Å². The van der Waals surface area contributed by atoms with Crippen molar-refractivity contribution in [3.8, 4) is 28.7 Å². The first-order valence-corrected chi connectivity index (χ1v) is 13.1. The van der Waals surface area contributed by atoms with E-state index in [9.17, 15) is 9.18 Å². The number of amides is 2. The zero-order chi connectivity index (χ0) is 27.5. The van der Waals surface area contributed by atoms with E-state index in [-0.39, 0.29) is 23.5 Å². The number of anilines is 1. The number of urea groups is 1. The molecule has 2 N–H and O–H groups in total. The minimum absolute atomic E-state index is 0.0641. The zero-order valence-corrected chi connectivity index (χ0v) is 22.0. The van der Waals surface area contributed by atoms with E-state index in [0.29, 0.717) is 71.8 Å². The largest absolute Gasteiger partial charge is 0.485 e. The van der Waals surface area contributed by atoms with Crippen LogP contribution in [0, 0.1) is 5.82 Å². The van der Waals surface area contributed by atoms with E-state index in [1.165, 1.54) is 12.1 Å². The summed E-state index contributed by atoms with van der Waals surface area (Å²) in [7, 11) is 0. The lowest BCUT2D eigenvalue weighted by Gasteiger charge is -2.24. The molecule has 0 spiro atoms. The summed E-state index contributed by atoms with van der Waals surface area (Å²) in [5.74, 6) is 2.17. The first-order valence-electron chi connectivity index (χ1n) is 12.8. The van der Waals surface area contributed by atoms with Crippen LogP contribution in [-0.4, -0.2) is 43.5 Å². The van der Waals surface area contributed by atoms with Gasteiger partial charge in [-0.3, -0.25) is 4.98 Å². The number of pyridine rings is 1. The fourth-order valence-corrected chi connectivity index (χ4v) is 4.69. The molecule has 1 unspecified atom stereocenters. The lowest BCUT2D eigenvalue weighted by Crippen LogP contribution is -2.28. The predicted octanol–water partition coefficient (Wildman–Crippen LogP) is 6.08. The van der Waals surface area contributed by atoms with Gasteiger partial charge in [0.05, 0.1) is 34.8 Å². The second kappa shape index (κ2) is 11.4. The Morgan fingerprint density at radius 2 is 1.85 bits per heavy atom. The second-order valence-corrected chi connectivity index (χ2v) is 9.62. The summed E-state index contributed by atoms with van der Waals surface area (Å²) in [6.45, 7) is 2.19. The molecule has 1 saturated heterocycles. The molecule has 3 heterocycles. The Balaban J connectivity index is 1.20. The Morgan fingerprint density at radius 1 is 1.02 bits per heavy atom. The molecule has 0 radical (unpaired) electrons. The number of aromatic nitrogens is 1. The second-order valence-electron chi connectivity index (χ2n) is 9.21. The highest BCUT2D eigenvalue weighted by Crippen LogP contribution is 2.49. The van der Waals surface area contributed by atoms with E-state index in [4.69, 9.17) is 35.3 Å². The molecule has 2 amide bonds. The van der Waals surface area contributed by atoms with E-state index in [0.717, 1.165) is 12.0 Å². The normalized spacial score (nSPS) is 16.0. The third kappa shape index (κ3) is 5.68. The van der Waals surface area contributed by atoms with Crippen LogP contribution in [0.1, 0.15) is 12.0 Å². The topological polar surface area (TPSA) is 100 Å². The first-order chi connectivity index (χ1) is 19.5. The van der Waals surface area contributed by atoms with Crippen LogP contribution in [0.4, 0.5) is 14.9 Å². The molecule has 4 aromatic rings. The van der Waals surface area contributed by atoms with Gasteiger partial charge in [-0.1, -0.05) is 23.7 Å². The van der Waals surface area contributed by atoms with Crippen molar-refractivity contribution in [1.29, 1.82) is 0 Å². The maximum Gasteiger partial charge on any atom is 0.319 e. The van der Waals surface area contributed by atoms with Crippen molar-refractivity contribution in [3.63, 3.8) is 0 Å². The lowest BCUT2D eigenvalue weighted by atomic mass is 10.1. The van der Waals surface area contributed by atoms with Gasteiger partial charge in [0.25, 0.3) is 0 Å². The Bertz CT molecular complexity index is 1550. The molecule has 6 rings (SSSR count). The molecule has 9 nitrogen and oxygen atoms in total. The smallest absolute Gasteiger partial charge is 0.319 e. The van der Waals surface area contributed by atoms with Gasteiger partial charge in [-0.25, -0.2) is 9.18 Å².